The van der Waals surface area contributed by atoms with Gasteiger partial charge in [0.15, 0.2) is 11.0 Å². The molecule has 142 valence electrons. The molecule has 0 saturated heterocycles. The minimum Gasteiger partial charge on any atom is -0.486 e. The summed E-state index contributed by atoms with van der Waals surface area (Å²) in [5.41, 5.74) is 0. The lowest BCUT2D eigenvalue weighted by Gasteiger charge is -2.11. The fraction of sp³-hybridized carbons (Fsp3) is 0.278. The standard InChI is InChI=1S/C18H19ClN4O3S/c1-12(17(24)20-10-15-4-3-9-25-15)27-18-22-21-16(23(18)2)11-26-14-7-5-13(19)6-8-14/h3-9,12H,10-11H2,1-2H3,(H,20,24)/t12-/m0/s1. The molecule has 0 radical (unpaired) electrons. The Hall–Kier alpha value is -2.45. The molecule has 9 heteroatoms. The molecule has 2 heterocycles. The first kappa shape index (κ1) is 19.3. The van der Waals surface area contributed by atoms with Crippen LogP contribution in [0.5, 0.6) is 5.75 Å². The molecule has 0 unspecified atom stereocenters. The third-order valence-electron chi connectivity index (χ3n) is 3.78. The van der Waals surface area contributed by atoms with Crippen molar-refractivity contribution in [3.05, 3.63) is 59.3 Å². The van der Waals surface area contributed by atoms with Gasteiger partial charge in [0.25, 0.3) is 0 Å². The number of rotatable bonds is 8. The second-order valence-electron chi connectivity index (χ2n) is 5.76. The summed E-state index contributed by atoms with van der Waals surface area (Å²) in [7, 11) is 1.84. The molecule has 0 saturated carbocycles. The Kier molecular flexibility index (Phi) is 6.41. The zero-order valence-electron chi connectivity index (χ0n) is 14.9. The first-order chi connectivity index (χ1) is 13.0. The summed E-state index contributed by atoms with van der Waals surface area (Å²) in [6.45, 7) is 2.45. The highest BCUT2D eigenvalue weighted by molar-refractivity contribution is 8.00. The maximum atomic E-state index is 12.2. The molecule has 1 atom stereocenters. The number of ether oxygens (including phenoxy) is 1. The number of hydrogen-bond acceptors (Lipinski definition) is 6. The first-order valence-electron chi connectivity index (χ1n) is 8.26. The number of halogens is 1. The summed E-state index contributed by atoms with van der Waals surface area (Å²) in [6.07, 6.45) is 1.58. The fourth-order valence-electron chi connectivity index (χ4n) is 2.19. The van der Waals surface area contributed by atoms with Gasteiger partial charge in [-0.3, -0.25) is 4.79 Å². The summed E-state index contributed by atoms with van der Waals surface area (Å²) >= 11 is 7.19. The SMILES string of the molecule is C[C@H](Sc1nnc(COc2ccc(Cl)cc2)n1C)C(=O)NCc1ccco1. The van der Waals surface area contributed by atoms with E-state index in [1.807, 2.05) is 24.6 Å². The topological polar surface area (TPSA) is 82.2 Å². The van der Waals surface area contributed by atoms with Gasteiger partial charge in [-0.15, -0.1) is 10.2 Å². The minimum absolute atomic E-state index is 0.0987. The number of amides is 1. The molecule has 3 aromatic rings. The van der Waals surface area contributed by atoms with Crippen molar-refractivity contribution in [1.82, 2.24) is 20.1 Å². The lowest BCUT2D eigenvalue weighted by molar-refractivity contribution is -0.120. The van der Waals surface area contributed by atoms with Crippen molar-refractivity contribution in [2.75, 3.05) is 0 Å². The molecule has 7 nitrogen and oxygen atoms in total. The molecule has 0 aliphatic rings. The minimum atomic E-state index is -0.326. The second kappa shape index (κ2) is 8.96. The number of carbonyl (C=O) groups is 1. The molecule has 1 aromatic carbocycles. The van der Waals surface area contributed by atoms with E-state index in [1.54, 1.807) is 36.6 Å². The molecule has 0 aliphatic carbocycles. The number of nitrogens with zero attached hydrogens (tertiary/aromatic N) is 3. The normalized spacial score (nSPS) is 12.0. The van der Waals surface area contributed by atoms with E-state index < -0.39 is 0 Å². The molecule has 2 aromatic heterocycles. The number of benzene rings is 1. The third kappa shape index (κ3) is 5.27. The first-order valence-corrected chi connectivity index (χ1v) is 9.52. The molecule has 0 bridgehead atoms. The molecular formula is C18H19ClN4O3S. The van der Waals surface area contributed by atoms with E-state index in [1.165, 1.54) is 11.8 Å². The van der Waals surface area contributed by atoms with E-state index >= 15 is 0 Å². The van der Waals surface area contributed by atoms with Crippen LogP contribution in [0.2, 0.25) is 5.02 Å². The Labute approximate surface area is 166 Å². The summed E-state index contributed by atoms with van der Waals surface area (Å²) in [6, 6.07) is 10.7. The lowest BCUT2D eigenvalue weighted by atomic mass is 10.3. The monoisotopic (exact) mass is 406 g/mol. The van der Waals surface area contributed by atoms with E-state index in [0.717, 1.165) is 0 Å². The van der Waals surface area contributed by atoms with Crippen molar-refractivity contribution in [3.63, 3.8) is 0 Å². The zero-order chi connectivity index (χ0) is 19.2. The summed E-state index contributed by atoms with van der Waals surface area (Å²) in [5, 5.41) is 12.1. The van der Waals surface area contributed by atoms with Crippen molar-refractivity contribution in [3.8, 4) is 5.75 Å². The van der Waals surface area contributed by atoms with Crippen molar-refractivity contribution in [2.45, 2.75) is 30.5 Å². The number of nitrogens with one attached hydrogen (secondary N) is 1. The van der Waals surface area contributed by atoms with Gasteiger partial charge in [-0.1, -0.05) is 23.4 Å². The van der Waals surface area contributed by atoms with Gasteiger partial charge in [0, 0.05) is 12.1 Å². The van der Waals surface area contributed by atoms with Crippen LogP contribution in [-0.4, -0.2) is 25.9 Å². The Morgan fingerprint density at radius 3 is 2.81 bits per heavy atom. The summed E-state index contributed by atoms with van der Waals surface area (Å²) in [4.78, 5) is 12.2. The molecule has 1 amide bonds. The summed E-state index contributed by atoms with van der Waals surface area (Å²) in [5.74, 6) is 1.97. The Morgan fingerprint density at radius 1 is 1.33 bits per heavy atom. The molecule has 1 N–H and O–H groups in total. The van der Waals surface area contributed by atoms with Crippen LogP contribution in [-0.2, 0) is 25.0 Å². The van der Waals surface area contributed by atoms with E-state index in [0.29, 0.717) is 34.1 Å². The molecule has 27 heavy (non-hydrogen) atoms. The van der Waals surface area contributed by atoms with Crippen molar-refractivity contribution >= 4 is 29.3 Å². The molecule has 3 rings (SSSR count). The van der Waals surface area contributed by atoms with Gasteiger partial charge < -0.3 is 19.0 Å². The highest BCUT2D eigenvalue weighted by Crippen LogP contribution is 2.22. The van der Waals surface area contributed by atoms with Gasteiger partial charge in [0.1, 0.15) is 18.1 Å². The number of hydrogen-bond donors (Lipinski definition) is 1. The van der Waals surface area contributed by atoms with E-state index in [9.17, 15) is 4.79 Å². The van der Waals surface area contributed by atoms with Gasteiger partial charge >= 0.3 is 0 Å². The van der Waals surface area contributed by atoms with Gasteiger partial charge in [-0.2, -0.15) is 0 Å². The van der Waals surface area contributed by atoms with Crippen LogP contribution in [0.3, 0.4) is 0 Å². The van der Waals surface area contributed by atoms with Crippen LogP contribution in [0.25, 0.3) is 0 Å². The van der Waals surface area contributed by atoms with Crippen molar-refractivity contribution < 1.29 is 13.9 Å². The van der Waals surface area contributed by atoms with Gasteiger partial charge in [-0.25, -0.2) is 0 Å². The number of aromatic nitrogens is 3. The molecule has 0 spiro atoms. The van der Waals surface area contributed by atoms with Crippen LogP contribution < -0.4 is 10.1 Å². The number of furan rings is 1. The molecule has 0 fully saturated rings. The smallest absolute Gasteiger partial charge is 0.233 e. The van der Waals surface area contributed by atoms with E-state index in [-0.39, 0.29) is 17.8 Å². The van der Waals surface area contributed by atoms with Gasteiger partial charge in [0.2, 0.25) is 5.91 Å². The van der Waals surface area contributed by atoms with Crippen LogP contribution in [0.15, 0.2) is 52.2 Å². The lowest BCUT2D eigenvalue weighted by Crippen LogP contribution is -2.30. The van der Waals surface area contributed by atoms with Crippen molar-refractivity contribution in [2.24, 2.45) is 7.05 Å². The van der Waals surface area contributed by atoms with E-state index in [2.05, 4.69) is 15.5 Å². The largest absolute Gasteiger partial charge is 0.486 e. The maximum absolute atomic E-state index is 12.2. The van der Waals surface area contributed by atoms with E-state index in [4.69, 9.17) is 20.8 Å². The second-order valence-corrected chi connectivity index (χ2v) is 7.50. The predicted molar refractivity (Wildman–Crippen MR) is 103 cm³/mol. The Balaban J connectivity index is 1.52. The average Bonchev–Trinajstić information content (AvgIpc) is 3.30. The van der Waals surface area contributed by atoms with Gasteiger partial charge in [-0.05, 0) is 43.3 Å². The van der Waals surface area contributed by atoms with Crippen LogP contribution >= 0.6 is 23.4 Å². The molecular weight excluding hydrogens is 388 g/mol. The quantitative estimate of drug-likeness (QED) is 0.577. The Morgan fingerprint density at radius 2 is 2.11 bits per heavy atom. The van der Waals surface area contributed by atoms with Crippen LogP contribution in [0.4, 0.5) is 0 Å². The third-order valence-corrected chi connectivity index (χ3v) is 5.16. The zero-order valence-corrected chi connectivity index (χ0v) is 16.5. The highest BCUT2D eigenvalue weighted by Gasteiger charge is 2.19. The Bertz CT molecular complexity index is 881. The summed E-state index contributed by atoms with van der Waals surface area (Å²) < 4.78 is 12.7. The fourth-order valence-corrected chi connectivity index (χ4v) is 3.18. The van der Waals surface area contributed by atoms with Gasteiger partial charge in [0.05, 0.1) is 18.1 Å². The maximum Gasteiger partial charge on any atom is 0.233 e. The number of thioether (sulfide) groups is 1. The highest BCUT2D eigenvalue weighted by atomic mass is 35.5. The van der Waals surface area contributed by atoms with Crippen LogP contribution in [0.1, 0.15) is 18.5 Å². The predicted octanol–water partition coefficient (Wildman–Crippen LogP) is 3.44. The van der Waals surface area contributed by atoms with Crippen molar-refractivity contribution in [1.29, 1.82) is 0 Å². The average molecular weight is 407 g/mol. The number of carbonyl (C=O) groups excluding carboxylic acids is 1. The molecule has 0 aliphatic heterocycles. The van der Waals surface area contributed by atoms with Crippen LogP contribution in [0, 0.1) is 0 Å².